The van der Waals surface area contributed by atoms with Crippen LogP contribution in [-0.4, -0.2) is 25.4 Å². The lowest BCUT2D eigenvalue weighted by molar-refractivity contribution is -0.0783. The molecule has 3 unspecified atom stereocenters. The number of benzene rings is 1. The highest BCUT2D eigenvalue weighted by atomic mass is 79.9. The van der Waals surface area contributed by atoms with Crippen molar-refractivity contribution in [3.63, 3.8) is 0 Å². The molecule has 0 spiro atoms. The van der Waals surface area contributed by atoms with Crippen molar-refractivity contribution in [3.8, 4) is 5.75 Å². The third-order valence-corrected chi connectivity index (χ3v) is 3.39. The van der Waals surface area contributed by atoms with Crippen LogP contribution in [0.5, 0.6) is 5.75 Å². The van der Waals surface area contributed by atoms with Gasteiger partial charge in [-0.05, 0) is 28.1 Å². The van der Waals surface area contributed by atoms with E-state index in [4.69, 9.17) is 15.2 Å². The predicted octanol–water partition coefficient (Wildman–Crippen LogP) is 2.08. The largest absolute Gasteiger partial charge is 0.487 e. The van der Waals surface area contributed by atoms with Crippen LogP contribution in [0.25, 0.3) is 0 Å². The minimum atomic E-state index is -0.338. The molecule has 1 aliphatic carbocycles. The van der Waals surface area contributed by atoms with Gasteiger partial charge >= 0.3 is 0 Å². The highest BCUT2D eigenvalue weighted by Crippen LogP contribution is 2.29. The minimum absolute atomic E-state index is 0.00953. The summed E-state index contributed by atoms with van der Waals surface area (Å²) in [7, 11) is 1.60. The fourth-order valence-electron chi connectivity index (χ4n) is 1.78. The Morgan fingerprint density at radius 3 is 2.81 bits per heavy atom. The first-order valence-electron chi connectivity index (χ1n) is 5.02. The molecule has 0 aliphatic heterocycles. The summed E-state index contributed by atoms with van der Waals surface area (Å²) in [5.74, 6) is 0.162. The average molecular weight is 290 g/mol. The summed E-state index contributed by atoms with van der Waals surface area (Å²) in [4.78, 5) is 0. The summed E-state index contributed by atoms with van der Waals surface area (Å²) < 4.78 is 24.4. The molecule has 16 heavy (non-hydrogen) atoms. The smallest absolute Gasteiger partial charge is 0.141 e. The molecule has 1 aliphatic rings. The lowest BCUT2D eigenvalue weighted by atomic mass is 9.86. The van der Waals surface area contributed by atoms with E-state index in [9.17, 15) is 4.39 Å². The van der Waals surface area contributed by atoms with E-state index in [1.807, 2.05) is 0 Å². The van der Waals surface area contributed by atoms with Crippen LogP contribution in [0.2, 0.25) is 0 Å². The fourth-order valence-corrected chi connectivity index (χ4v) is 2.03. The normalized spacial score (nSPS) is 28.6. The van der Waals surface area contributed by atoms with Crippen LogP contribution in [0.15, 0.2) is 22.7 Å². The van der Waals surface area contributed by atoms with Gasteiger partial charge in [0.25, 0.3) is 0 Å². The Morgan fingerprint density at radius 1 is 1.50 bits per heavy atom. The van der Waals surface area contributed by atoms with E-state index in [-0.39, 0.29) is 24.1 Å². The third kappa shape index (κ3) is 2.21. The Morgan fingerprint density at radius 2 is 2.25 bits per heavy atom. The molecule has 1 fully saturated rings. The van der Waals surface area contributed by atoms with Crippen LogP contribution in [0.3, 0.4) is 0 Å². The van der Waals surface area contributed by atoms with Gasteiger partial charge in [0.15, 0.2) is 0 Å². The van der Waals surface area contributed by atoms with Gasteiger partial charge in [-0.25, -0.2) is 4.39 Å². The van der Waals surface area contributed by atoms with Gasteiger partial charge in [-0.1, -0.05) is 0 Å². The summed E-state index contributed by atoms with van der Waals surface area (Å²) in [5.41, 5.74) is 5.74. The molecule has 88 valence electrons. The van der Waals surface area contributed by atoms with Crippen molar-refractivity contribution in [1.82, 2.24) is 0 Å². The van der Waals surface area contributed by atoms with Crippen molar-refractivity contribution in [2.75, 3.05) is 7.11 Å². The van der Waals surface area contributed by atoms with E-state index in [0.717, 1.165) is 6.42 Å². The second kappa shape index (κ2) is 4.69. The lowest BCUT2D eigenvalue weighted by Crippen LogP contribution is -2.59. The van der Waals surface area contributed by atoms with Crippen molar-refractivity contribution < 1.29 is 13.9 Å². The quantitative estimate of drug-likeness (QED) is 0.927. The Hall–Kier alpha value is -0.650. The van der Waals surface area contributed by atoms with Gasteiger partial charge in [0.05, 0.1) is 4.47 Å². The first-order chi connectivity index (χ1) is 7.61. The number of nitrogens with two attached hydrogens (primary N) is 1. The van der Waals surface area contributed by atoms with Crippen LogP contribution in [-0.2, 0) is 4.74 Å². The lowest BCUT2D eigenvalue weighted by Gasteiger charge is -2.40. The van der Waals surface area contributed by atoms with Crippen molar-refractivity contribution in [2.45, 2.75) is 24.7 Å². The highest BCUT2D eigenvalue weighted by molar-refractivity contribution is 9.10. The molecule has 0 aromatic heterocycles. The second-order valence-electron chi connectivity index (χ2n) is 3.83. The van der Waals surface area contributed by atoms with E-state index in [2.05, 4.69) is 15.9 Å². The molecule has 2 N–H and O–H groups in total. The van der Waals surface area contributed by atoms with E-state index < -0.39 is 0 Å². The van der Waals surface area contributed by atoms with Crippen molar-refractivity contribution >= 4 is 15.9 Å². The zero-order chi connectivity index (χ0) is 11.7. The summed E-state index contributed by atoms with van der Waals surface area (Å²) in [6.07, 6.45) is 0.545. The molecule has 3 nitrogen and oxygen atoms in total. The van der Waals surface area contributed by atoms with Crippen LogP contribution in [0, 0.1) is 5.82 Å². The van der Waals surface area contributed by atoms with E-state index in [0.29, 0.717) is 10.2 Å². The Balaban J connectivity index is 2.02. The van der Waals surface area contributed by atoms with Crippen LogP contribution in [0.4, 0.5) is 4.39 Å². The predicted molar refractivity (Wildman–Crippen MR) is 61.9 cm³/mol. The summed E-state index contributed by atoms with van der Waals surface area (Å²) >= 11 is 3.09. The standard InChI is InChI=1S/C11H13BrFNO2/c1-15-11-9(14)5-10(11)16-6-2-3-7(12)8(13)4-6/h2-4,9-11H,5,14H2,1H3. The summed E-state index contributed by atoms with van der Waals surface area (Å²) in [6, 6.07) is 4.69. The number of hydrogen-bond acceptors (Lipinski definition) is 3. The van der Waals surface area contributed by atoms with Crippen molar-refractivity contribution in [2.24, 2.45) is 5.73 Å². The van der Waals surface area contributed by atoms with Crippen molar-refractivity contribution in [3.05, 3.63) is 28.5 Å². The fraction of sp³-hybridized carbons (Fsp3) is 0.455. The van der Waals surface area contributed by atoms with Gasteiger partial charge < -0.3 is 15.2 Å². The van der Waals surface area contributed by atoms with E-state index in [1.165, 1.54) is 6.07 Å². The Bertz CT molecular complexity index is 388. The highest BCUT2D eigenvalue weighted by Gasteiger charge is 2.40. The van der Waals surface area contributed by atoms with Crippen LogP contribution >= 0.6 is 15.9 Å². The molecule has 5 heteroatoms. The number of halogens is 2. The zero-order valence-electron chi connectivity index (χ0n) is 8.82. The van der Waals surface area contributed by atoms with Crippen molar-refractivity contribution in [1.29, 1.82) is 0 Å². The summed E-state index contributed by atoms with van der Waals surface area (Å²) in [6.45, 7) is 0. The molecule has 1 aromatic carbocycles. The topological polar surface area (TPSA) is 44.5 Å². The zero-order valence-corrected chi connectivity index (χ0v) is 10.4. The van der Waals surface area contributed by atoms with Crippen LogP contribution < -0.4 is 10.5 Å². The van der Waals surface area contributed by atoms with E-state index >= 15 is 0 Å². The molecule has 0 heterocycles. The van der Waals surface area contributed by atoms with Gasteiger partial charge in [0, 0.05) is 25.6 Å². The molecule has 3 atom stereocenters. The van der Waals surface area contributed by atoms with Crippen LogP contribution in [0.1, 0.15) is 6.42 Å². The third-order valence-electron chi connectivity index (χ3n) is 2.74. The molecule has 0 radical (unpaired) electrons. The second-order valence-corrected chi connectivity index (χ2v) is 4.69. The Kier molecular flexibility index (Phi) is 3.47. The molecule has 0 amide bonds. The number of methoxy groups -OCH3 is 1. The average Bonchev–Trinajstić information content (AvgIpc) is 2.23. The first-order valence-corrected chi connectivity index (χ1v) is 5.81. The van der Waals surface area contributed by atoms with Gasteiger partial charge in [-0.3, -0.25) is 0 Å². The number of rotatable bonds is 3. The molecule has 0 bridgehead atoms. The van der Waals surface area contributed by atoms with Gasteiger partial charge in [0.2, 0.25) is 0 Å². The van der Waals surface area contributed by atoms with Gasteiger partial charge in [-0.2, -0.15) is 0 Å². The summed E-state index contributed by atoms with van der Waals surface area (Å²) in [5, 5.41) is 0. The minimum Gasteiger partial charge on any atom is -0.487 e. The first kappa shape index (κ1) is 11.8. The molecular formula is C11H13BrFNO2. The molecular weight excluding hydrogens is 277 g/mol. The van der Waals surface area contributed by atoms with Gasteiger partial charge in [-0.15, -0.1) is 0 Å². The monoisotopic (exact) mass is 289 g/mol. The molecule has 1 saturated carbocycles. The number of ether oxygens (including phenoxy) is 2. The Labute approximate surface area is 102 Å². The van der Waals surface area contributed by atoms with Gasteiger partial charge in [0.1, 0.15) is 23.8 Å². The van der Waals surface area contributed by atoms with E-state index in [1.54, 1.807) is 19.2 Å². The SMILES string of the molecule is COC1C(N)CC1Oc1ccc(Br)c(F)c1. The maximum atomic E-state index is 13.2. The maximum absolute atomic E-state index is 13.2. The maximum Gasteiger partial charge on any atom is 0.141 e. The molecule has 0 saturated heterocycles. The number of hydrogen-bond donors (Lipinski definition) is 1. The molecule has 2 rings (SSSR count). The molecule has 1 aromatic rings.